The van der Waals surface area contributed by atoms with Crippen LogP contribution in [0.2, 0.25) is 0 Å². The van der Waals surface area contributed by atoms with Crippen LogP contribution in [-0.4, -0.2) is 48.9 Å². The van der Waals surface area contributed by atoms with Gasteiger partial charge in [0.15, 0.2) is 0 Å². The Morgan fingerprint density at radius 3 is 2.88 bits per heavy atom. The lowest BCUT2D eigenvalue weighted by atomic mass is 10.3. The topological polar surface area (TPSA) is 23.6 Å². The summed E-state index contributed by atoms with van der Waals surface area (Å²) < 4.78 is 0. The molecule has 0 aromatic carbocycles. The fraction of sp³-hybridized carbons (Fsp3) is 0.615. The maximum atomic E-state index is 11.9. The zero-order chi connectivity index (χ0) is 12.1. The highest BCUT2D eigenvalue weighted by Gasteiger charge is 2.14. The molecule has 1 saturated heterocycles. The van der Waals surface area contributed by atoms with Crippen molar-refractivity contribution < 1.29 is 4.79 Å². The van der Waals surface area contributed by atoms with Crippen molar-refractivity contribution in [2.24, 2.45) is 0 Å². The van der Waals surface area contributed by atoms with Gasteiger partial charge in [-0.25, -0.2) is 0 Å². The minimum Gasteiger partial charge on any atom is -0.344 e. The highest BCUT2D eigenvalue weighted by Crippen LogP contribution is 2.11. The standard InChI is InChI=1S/C13H20N2OS/c1-14(8-9-15-6-2-3-7-15)13(16)11-12-5-4-10-17-12/h4-5,10H,2-3,6-9,11H2,1H3. The van der Waals surface area contributed by atoms with Crippen molar-refractivity contribution >= 4 is 17.2 Å². The van der Waals surface area contributed by atoms with Gasteiger partial charge in [-0.15, -0.1) is 11.3 Å². The summed E-state index contributed by atoms with van der Waals surface area (Å²) in [7, 11) is 1.91. The third kappa shape index (κ3) is 3.82. The van der Waals surface area contributed by atoms with Crippen molar-refractivity contribution in [3.63, 3.8) is 0 Å². The number of amides is 1. The van der Waals surface area contributed by atoms with E-state index in [-0.39, 0.29) is 5.91 Å². The van der Waals surface area contributed by atoms with E-state index >= 15 is 0 Å². The number of hydrogen-bond donors (Lipinski definition) is 0. The van der Waals surface area contributed by atoms with Crippen LogP contribution in [0, 0.1) is 0 Å². The lowest BCUT2D eigenvalue weighted by Gasteiger charge is -2.21. The Morgan fingerprint density at radius 2 is 2.24 bits per heavy atom. The molecule has 17 heavy (non-hydrogen) atoms. The molecule has 1 aromatic rings. The molecule has 1 aliphatic rings. The number of carbonyl (C=O) groups is 1. The summed E-state index contributed by atoms with van der Waals surface area (Å²) in [6, 6.07) is 4.02. The van der Waals surface area contributed by atoms with Gasteiger partial charge in [-0.2, -0.15) is 0 Å². The largest absolute Gasteiger partial charge is 0.344 e. The lowest BCUT2D eigenvalue weighted by Crippen LogP contribution is -2.35. The molecule has 0 spiro atoms. The van der Waals surface area contributed by atoms with Gasteiger partial charge < -0.3 is 9.80 Å². The van der Waals surface area contributed by atoms with Crippen molar-refractivity contribution in [2.45, 2.75) is 19.3 Å². The van der Waals surface area contributed by atoms with Crippen LogP contribution in [0.5, 0.6) is 0 Å². The van der Waals surface area contributed by atoms with Crippen LogP contribution in [0.3, 0.4) is 0 Å². The first-order chi connectivity index (χ1) is 8.25. The maximum absolute atomic E-state index is 11.9. The van der Waals surface area contributed by atoms with Gasteiger partial charge in [-0.05, 0) is 37.4 Å². The van der Waals surface area contributed by atoms with E-state index < -0.39 is 0 Å². The van der Waals surface area contributed by atoms with Crippen molar-refractivity contribution in [1.82, 2.24) is 9.80 Å². The van der Waals surface area contributed by atoms with E-state index in [2.05, 4.69) is 4.90 Å². The van der Waals surface area contributed by atoms with Crippen LogP contribution in [0.25, 0.3) is 0 Å². The normalized spacial score (nSPS) is 16.3. The second kappa shape index (κ2) is 6.17. The van der Waals surface area contributed by atoms with Crippen LogP contribution in [-0.2, 0) is 11.2 Å². The van der Waals surface area contributed by atoms with Crippen LogP contribution in [0.15, 0.2) is 17.5 Å². The number of likely N-dealkylation sites (N-methyl/N-ethyl adjacent to an activating group) is 1. The summed E-state index contributed by atoms with van der Waals surface area (Å²) in [6.45, 7) is 4.27. The summed E-state index contributed by atoms with van der Waals surface area (Å²) in [6.07, 6.45) is 3.17. The Hall–Kier alpha value is -0.870. The molecule has 0 N–H and O–H groups in total. The van der Waals surface area contributed by atoms with E-state index in [4.69, 9.17) is 0 Å². The molecule has 1 aromatic heterocycles. The Kier molecular flexibility index (Phi) is 4.57. The van der Waals surface area contributed by atoms with Gasteiger partial charge >= 0.3 is 0 Å². The molecule has 0 bridgehead atoms. The molecule has 0 atom stereocenters. The lowest BCUT2D eigenvalue weighted by molar-refractivity contribution is -0.129. The average molecular weight is 252 g/mol. The average Bonchev–Trinajstić information content (AvgIpc) is 2.98. The van der Waals surface area contributed by atoms with E-state index in [1.807, 2.05) is 29.5 Å². The smallest absolute Gasteiger partial charge is 0.227 e. The molecule has 0 unspecified atom stereocenters. The van der Waals surface area contributed by atoms with E-state index in [1.54, 1.807) is 11.3 Å². The molecular weight excluding hydrogens is 232 g/mol. The summed E-state index contributed by atoms with van der Waals surface area (Å²) in [4.78, 5) is 17.4. The molecule has 94 valence electrons. The first-order valence-electron chi connectivity index (χ1n) is 6.24. The number of hydrogen-bond acceptors (Lipinski definition) is 3. The maximum Gasteiger partial charge on any atom is 0.227 e. The van der Waals surface area contributed by atoms with Crippen molar-refractivity contribution in [3.05, 3.63) is 22.4 Å². The molecule has 3 nitrogen and oxygen atoms in total. The van der Waals surface area contributed by atoms with Crippen LogP contribution >= 0.6 is 11.3 Å². The summed E-state index contributed by atoms with van der Waals surface area (Å²) in [5.41, 5.74) is 0. The number of nitrogens with zero attached hydrogens (tertiary/aromatic N) is 2. The van der Waals surface area contributed by atoms with Gasteiger partial charge in [0.1, 0.15) is 0 Å². The fourth-order valence-corrected chi connectivity index (χ4v) is 2.82. The number of carbonyl (C=O) groups excluding carboxylic acids is 1. The molecule has 0 aliphatic carbocycles. The fourth-order valence-electron chi connectivity index (χ4n) is 2.12. The Bertz CT molecular complexity index is 344. The summed E-state index contributed by atoms with van der Waals surface area (Å²) >= 11 is 1.65. The Morgan fingerprint density at radius 1 is 1.47 bits per heavy atom. The molecule has 1 fully saturated rings. The minimum atomic E-state index is 0.228. The second-order valence-corrected chi connectivity index (χ2v) is 5.65. The van der Waals surface area contributed by atoms with Crippen molar-refractivity contribution in [2.75, 3.05) is 33.2 Å². The first-order valence-corrected chi connectivity index (χ1v) is 7.12. The van der Waals surface area contributed by atoms with Crippen LogP contribution < -0.4 is 0 Å². The quantitative estimate of drug-likeness (QED) is 0.798. The Balaban J connectivity index is 1.71. The SMILES string of the molecule is CN(CCN1CCCC1)C(=O)Cc1cccs1. The van der Waals surface area contributed by atoms with Gasteiger partial charge in [0.25, 0.3) is 0 Å². The second-order valence-electron chi connectivity index (χ2n) is 4.62. The minimum absolute atomic E-state index is 0.228. The van der Waals surface area contributed by atoms with Gasteiger partial charge in [0.05, 0.1) is 6.42 Å². The number of rotatable bonds is 5. The molecule has 4 heteroatoms. The first kappa shape index (κ1) is 12.6. The number of likely N-dealkylation sites (tertiary alicyclic amines) is 1. The Labute approximate surface area is 107 Å². The monoisotopic (exact) mass is 252 g/mol. The van der Waals surface area contributed by atoms with E-state index in [9.17, 15) is 4.79 Å². The van der Waals surface area contributed by atoms with Crippen LogP contribution in [0.1, 0.15) is 17.7 Å². The van der Waals surface area contributed by atoms with Gasteiger partial charge in [-0.3, -0.25) is 4.79 Å². The van der Waals surface area contributed by atoms with Crippen molar-refractivity contribution in [1.29, 1.82) is 0 Å². The summed E-state index contributed by atoms with van der Waals surface area (Å²) in [5.74, 6) is 0.228. The highest BCUT2D eigenvalue weighted by atomic mass is 32.1. The molecule has 0 radical (unpaired) electrons. The third-order valence-electron chi connectivity index (χ3n) is 3.28. The highest BCUT2D eigenvalue weighted by molar-refractivity contribution is 7.10. The van der Waals surface area contributed by atoms with Crippen LogP contribution in [0.4, 0.5) is 0 Å². The van der Waals surface area contributed by atoms with E-state index in [0.717, 1.165) is 18.0 Å². The predicted octanol–water partition coefficient (Wildman–Crippen LogP) is 1.84. The molecule has 1 amide bonds. The zero-order valence-corrected chi connectivity index (χ0v) is 11.2. The van der Waals surface area contributed by atoms with E-state index in [1.165, 1.54) is 25.9 Å². The zero-order valence-electron chi connectivity index (χ0n) is 10.4. The van der Waals surface area contributed by atoms with Crippen molar-refractivity contribution in [3.8, 4) is 0 Å². The molecule has 0 saturated carbocycles. The molecule has 1 aliphatic heterocycles. The molecular formula is C13H20N2OS. The van der Waals surface area contributed by atoms with Gasteiger partial charge in [0.2, 0.25) is 5.91 Å². The molecule has 2 heterocycles. The van der Waals surface area contributed by atoms with Gasteiger partial charge in [-0.1, -0.05) is 6.07 Å². The number of thiophene rings is 1. The third-order valence-corrected chi connectivity index (χ3v) is 4.16. The summed E-state index contributed by atoms with van der Waals surface area (Å²) in [5, 5.41) is 2.02. The van der Waals surface area contributed by atoms with Gasteiger partial charge in [0, 0.05) is 25.0 Å². The van der Waals surface area contributed by atoms with E-state index in [0.29, 0.717) is 6.42 Å². The molecule has 2 rings (SSSR count). The predicted molar refractivity (Wildman–Crippen MR) is 71.3 cm³/mol.